The molecule has 0 heterocycles. The van der Waals surface area contributed by atoms with Gasteiger partial charge in [-0.15, -0.1) is 0 Å². The van der Waals surface area contributed by atoms with E-state index in [4.69, 9.17) is 18.0 Å². The number of nitrogens with two attached hydrogens (primary N) is 1. The van der Waals surface area contributed by atoms with Crippen LogP contribution in [-0.4, -0.2) is 28.9 Å². The van der Waals surface area contributed by atoms with Gasteiger partial charge in [0.25, 0.3) is 0 Å². The number of thiocarbonyl (C=S) groups is 1. The van der Waals surface area contributed by atoms with Crippen molar-refractivity contribution in [3.8, 4) is 0 Å². The van der Waals surface area contributed by atoms with E-state index in [1.54, 1.807) is 0 Å². The molecule has 0 spiro atoms. The zero-order valence-electron chi connectivity index (χ0n) is 12.7. The second-order valence-corrected chi connectivity index (χ2v) is 6.38. The summed E-state index contributed by atoms with van der Waals surface area (Å²) in [4.78, 5) is 15.2. The van der Waals surface area contributed by atoms with Gasteiger partial charge >= 0.3 is 0 Å². The molecule has 0 aliphatic heterocycles. The van der Waals surface area contributed by atoms with Crippen molar-refractivity contribution in [3.05, 3.63) is 0 Å². The molecule has 110 valence electrons. The van der Waals surface area contributed by atoms with Crippen molar-refractivity contribution in [2.45, 2.75) is 65.3 Å². The van der Waals surface area contributed by atoms with Gasteiger partial charge in [0.05, 0.1) is 10.4 Å². The van der Waals surface area contributed by atoms with Gasteiger partial charge in [-0.25, -0.2) is 0 Å². The van der Waals surface area contributed by atoms with Crippen LogP contribution in [0.1, 0.15) is 59.3 Å². The maximum absolute atomic E-state index is 12.9. The first-order chi connectivity index (χ1) is 8.90. The molecule has 3 nitrogen and oxygen atoms in total. The smallest absolute Gasteiger partial charge is 0.235 e. The van der Waals surface area contributed by atoms with Gasteiger partial charge in [0.1, 0.15) is 0 Å². The average Bonchev–Trinajstić information content (AvgIpc) is 3.19. The van der Waals surface area contributed by atoms with Gasteiger partial charge in [-0.1, -0.05) is 38.9 Å². The monoisotopic (exact) mass is 284 g/mol. The van der Waals surface area contributed by atoms with E-state index >= 15 is 0 Å². The van der Waals surface area contributed by atoms with Gasteiger partial charge in [-0.2, -0.15) is 0 Å². The molecule has 0 bridgehead atoms. The van der Waals surface area contributed by atoms with Crippen LogP contribution in [-0.2, 0) is 4.79 Å². The summed E-state index contributed by atoms with van der Waals surface area (Å²) in [6.45, 7) is 6.30. The average molecular weight is 284 g/mol. The standard InChI is InChI=1S/C15H28N2OS/c1-5-9-15(10-6-2,13(16)19)14(18)17(4)11(3)12-7-8-12/h11-12H,5-10H2,1-4H3,(H2,16,19). The van der Waals surface area contributed by atoms with Crippen LogP contribution in [0.2, 0.25) is 0 Å². The number of carbonyl (C=O) groups is 1. The third kappa shape index (κ3) is 3.47. The number of carbonyl (C=O) groups excluding carboxylic acids is 1. The lowest BCUT2D eigenvalue weighted by atomic mass is 9.77. The lowest BCUT2D eigenvalue weighted by Crippen LogP contribution is -2.52. The van der Waals surface area contributed by atoms with Crippen LogP contribution in [0.15, 0.2) is 0 Å². The summed E-state index contributed by atoms with van der Waals surface area (Å²) < 4.78 is 0. The topological polar surface area (TPSA) is 46.3 Å². The fourth-order valence-corrected chi connectivity index (χ4v) is 3.25. The summed E-state index contributed by atoms with van der Waals surface area (Å²) >= 11 is 5.25. The molecule has 1 aliphatic rings. The summed E-state index contributed by atoms with van der Waals surface area (Å²) in [6.07, 6.45) is 5.84. The third-order valence-corrected chi connectivity index (χ3v) is 4.86. The summed E-state index contributed by atoms with van der Waals surface area (Å²) in [6, 6.07) is 0.301. The normalized spacial score (nSPS) is 17.1. The Balaban J connectivity index is 2.93. The molecule has 1 atom stereocenters. The van der Waals surface area contributed by atoms with Crippen LogP contribution in [0.5, 0.6) is 0 Å². The molecule has 0 radical (unpaired) electrons. The Kier molecular flexibility index (Phi) is 5.78. The molecule has 1 rings (SSSR count). The number of rotatable bonds is 8. The number of hydrogen-bond donors (Lipinski definition) is 1. The molecule has 1 amide bonds. The zero-order valence-corrected chi connectivity index (χ0v) is 13.6. The molecule has 1 aliphatic carbocycles. The fourth-order valence-electron chi connectivity index (χ4n) is 2.96. The minimum atomic E-state index is -0.628. The molecule has 19 heavy (non-hydrogen) atoms. The molecule has 0 aromatic carbocycles. The van der Waals surface area contributed by atoms with Gasteiger partial charge in [-0.05, 0) is 38.5 Å². The lowest BCUT2D eigenvalue weighted by Gasteiger charge is -2.37. The second-order valence-electron chi connectivity index (χ2n) is 5.94. The van der Waals surface area contributed by atoms with E-state index in [0.717, 1.165) is 25.7 Å². The van der Waals surface area contributed by atoms with Crippen LogP contribution in [0.4, 0.5) is 0 Å². The fraction of sp³-hybridized carbons (Fsp3) is 0.867. The van der Waals surface area contributed by atoms with Crippen LogP contribution in [0.3, 0.4) is 0 Å². The van der Waals surface area contributed by atoms with Crippen molar-refractivity contribution in [2.75, 3.05) is 7.05 Å². The molecule has 0 aromatic heterocycles. The first-order valence-electron chi connectivity index (χ1n) is 7.47. The van der Waals surface area contributed by atoms with E-state index in [2.05, 4.69) is 20.8 Å². The number of nitrogens with zero attached hydrogens (tertiary/aromatic N) is 1. The van der Waals surface area contributed by atoms with Crippen molar-refractivity contribution in [3.63, 3.8) is 0 Å². The van der Waals surface area contributed by atoms with Crippen molar-refractivity contribution in [2.24, 2.45) is 17.1 Å². The van der Waals surface area contributed by atoms with Crippen LogP contribution in [0, 0.1) is 11.3 Å². The molecule has 0 aromatic rings. The highest BCUT2D eigenvalue weighted by Gasteiger charge is 2.44. The van der Waals surface area contributed by atoms with Crippen molar-refractivity contribution in [1.29, 1.82) is 0 Å². The zero-order chi connectivity index (χ0) is 14.6. The maximum Gasteiger partial charge on any atom is 0.235 e. The number of amides is 1. The Labute approximate surface area is 122 Å². The van der Waals surface area contributed by atoms with Crippen molar-refractivity contribution < 1.29 is 4.79 Å². The van der Waals surface area contributed by atoms with E-state index < -0.39 is 5.41 Å². The molecule has 1 saturated carbocycles. The predicted molar refractivity (Wildman–Crippen MR) is 84.0 cm³/mol. The van der Waals surface area contributed by atoms with Crippen LogP contribution >= 0.6 is 12.2 Å². The SMILES string of the molecule is CCCC(CCC)(C(=O)N(C)C(C)C1CC1)C(N)=S. The minimum Gasteiger partial charge on any atom is -0.392 e. The molecule has 0 saturated heterocycles. The van der Waals surface area contributed by atoms with E-state index in [-0.39, 0.29) is 5.91 Å². The Morgan fingerprint density at radius 2 is 1.84 bits per heavy atom. The molecular formula is C15H28N2OS. The van der Waals surface area contributed by atoms with E-state index in [0.29, 0.717) is 16.9 Å². The van der Waals surface area contributed by atoms with E-state index in [9.17, 15) is 4.79 Å². The molecule has 1 unspecified atom stereocenters. The van der Waals surface area contributed by atoms with Crippen LogP contribution in [0.25, 0.3) is 0 Å². The van der Waals surface area contributed by atoms with Gasteiger partial charge in [0.15, 0.2) is 0 Å². The minimum absolute atomic E-state index is 0.128. The highest BCUT2D eigenvalue weighted by atomic mass is 32.1. The van der Waals surface area contributed by atoms with Crippen LogP contribution < -0.4 is 5.73 Å². The Hall–Kier alpha value is -0.640. The van der Waals surface area contributed by atoms with Gasteiger partial charge in [-0.3, -0.25) is 4.79 Å². The largest absolute Gasteiger partial charge is 0.392 e. The summed E-state index contributed by atoms with van der Waals surface area (Å²) in [7, 11) is 1.91. The van der Waals surface area contributed by atoms with Crippen molar-refractivity contribution in [1.82, 2.24) is 4.90 Å². The van der Waals surface area contributed by atoms with Gasteiger partial charge in [0, 0.05) is 13.1 Å². The quantitative estimate of drug-likeness (QED) is 0.697. The Bertz CT molecular complexity index is 333. The molecule has 1 fully saturated rings. The molecule has 4 heteroatoms. The summed E-state index contributed by atoms with van der Waals surface area (Å²) in [5, 5.41) is 0. The highest BCUT2D eigenvalue weighted by molar-refractivity contribution is 7.80. The van der Waals surface area contributed by atoms with E-state index in [1.165, 1.54) is 12.8 Å². The van der Waals surface area contributed by atoms with Crippen molar-refractivity contribution >= 4 is 23.1 Å². The molecular weight excluding hydrogens is 256 g/mol. The van der Waals surface area contributed by atoms with Gasteiger partial charge in [0.2, 0.25) is 5.91 Å². The maximum atomic E-state index is 12.9. The van der Waals surface area contributed by atoms with E-state index in [1.807, 2.05) is 11.9 Å². The first kappa shape index (κ1) is 16.4. The Morgan fingerprint density at radius 1 is 1.37 bits per heavy atom. The number of hydrogen-bond acceptors (Lipinski definition) is 2. The Morgan fingerprint density at radius 3 is 2.16 bits per heavy atom. The first-order valence-corrected chi connectivity index (χ1v) is 7.88. The molecule has 2 N–H and O–H groups in total. The van der Waals surface area contributed by atoms with Gasteiger partial charge < -0.3 is 10.6 Å². The predicted octanol–water partition coefficient (Wildman–Crippen LogP) is 3.12. The third-order valence-electron chi connectivity index (χ3n) is 4.47. The summed E-state index contributed by atoms with van der Waals surface area (Å²) in [5.74, 6) is 0.796. The highest BCUT2D eigenvalue weighted by Crippen LogP contribution is 2.38. The second kappa shape index (κ2) is 6.69. The summed E-state index contributed by atoms with van der Waals surface area (Å²) in [5.41, 5.74) is 5.33. The lowest BCUT2D eigenvalue weighted by molar-refractivity contribution is -0.140.